The van der Waals surface area contributed by atoms with Gasteiger partial charge in [-0.3, -0.25) is 9.79 Å². The third-order valence-corrected chi connectivity index (χ3v) is 8.74. The van der Waals surface area contributed by atoms with E-state index in [0.717, 1.165) is 55.3 Å². The van der Waals surface area contributed by atoms with Crippen LogP contribution in [0.4, 0.5) is 5.00 Å². The fourth-order valence-corrected chi connectivity index (χ4v) is 6.86. The summed E-state index contributed by atoms with van der Waals surface area (Å²) in [6.07, 6.45) is 8.63. The Labute approximate surface area is 202 Å². The zero-order valence-corrected chi connectivity index (χ0v) is 21.3. The molecule has 2 aliphatic heterocycles. The molecule has 1 saturated heterocycles. The summed E-state index contributed by atoms with van der Waals surface area (Å²) in [5, 5.41) is 1.15. The zero-order chi connectivity index (χ0) is 23.0. The van der Waals surface area contributed by atoms with Crippen LogP contribution >= 0.6 is 11.3 Å². The molecule has 1 amide bonds. The first-order valence-corrected chi connectivity index (χ1v) is 13.6. The Balaban J connectivity index is 1.51. The average molecular weight is 464 g/mol. The molecule has 4 nitrogen and oxygen atoms in total. The normalized spacial score (nSPS) is 19.7. The van der Waals surface area contributed by atoms with Crippen LogP contribution in [0.5, 0.6) is 0 Å². The van der Waals surface area contributed by atoms with Crippen molar-refractivity contribution in [1.82, 2.24) is 4.90 Å². The Kier molecular flexibility index (Phi) is 6.45. The number of thiophene rings is 1. The first-order valence-electron chi connectivity index (χ1n) is 12.7. The Bertz CT molecular complexity index is 1040. The molecule has 5 heteroatoms. The van der Waals surface area contributed by atoms with Crippen LogP contribution in [0.1, 0.15) is 80.0 Å². The molecule has 1 aromatic carbocycles. The Morgan fingerprint density at radius 1 is 0.939 bits per heavy atom. The van der Waals surface area contributed by atoms with E-state index in [0.29, 0.717) is 0 Å². The molecule has 0 saturated carbocycles. The molecule has 5 rings (SSSR count). The minimum Gasteiger partial charge on any atom is -0.302 e. The predicted octanol–water partition coefficient (Wildman–Crippen LogP) is 5.59. The van der Waals surface area contributed by atoms with Crippen molar-refractivity contribution < 1.29 is 4.79 Å². The van der Waals surface area contributed by atoms with Gasteiger partial charge in [-0.15, -0.1) is 11.3 Å². The van der Waals surface area contributed by atoms with Crippen molar-refractivity contribution in [3.8, 4) is 0 Å². The lowest BCUT2D eigenvalue weighted by molar-refractivity contribution is -0.117. The monoisotopic (exact) mass is 463 g/mol. The van der Waals surface area contributed by atoms with Crippen LogP contribution in [-0.4, -0.2) is 49.2 Å². The van der Waals surface area contributed by atoms with Crippen LogP contribution < -0.4 is 4.90 Å². The van der Waals surface area contributed by atoms with Crippen LogP contribution in [0, 0.1) is 0 Å². The molecular weight excluding hydrogens is 426 g/mol. The molecule has 176 valence electrons. The van der Waals surface area contributed by atoms with Gasteiger partial charge in [0.15, 0.2) is 0 Å². The van der Waals surface area contributed by atoms with Gasteiger partial charge in [-0.05, 0) is 68.2 Å². The summed E-state index contributed by atoms with van der Waals surface area (Å²) in [4.78, 5) is 24.4. The quantitative estimate of drug-likeness (QED) is 0.592. The van der Waals surface area contributed by atoms with Crippen molar-refractivity contribution in [1.29, 1.82) is 0 Å². The summed E-state index contributed by atoms with van der Waals surface area (Å²) in [6, 6.07) is 8.89. The largest absolute Gasteiger partial charge is 0.302 e. The van der Waals surface area contributed by atoms with Gasteiger partial charge < -0.3 is 9.80 Å². The summed E-state index contributed by atoms with van der Waals surface area (Å²) in [6.45, 7) is 11.1. The summed E-state index contributed by atoms with van der Waals surface area (Å²) >= 11 is 1.86. The molecule has 33 heavy (non-hydrogen) atoms. The van der Waals surface area contributed by atoms with Gasteiger partial charge in [0.05, 0.1) is 5.71 Å². The van der Waals surface area contributed by atoms with Crippen molar-refractivity contribution >= 4 is 28.0 Å². The van der Waals surface area contributed by atoms with E-state index in [4.69, 9.17) is 4.99 Å². The Morgan fingerprint density at radius 3 is 2.39 bits per heavy atom. The van der Waals surface area contributed by atoms with E-state index in [1.165, 1.54) is 53.7 Å². The van der Waals surface area contributed by atoms with Crippen molar-refractivity contribution in [3.63, 3.8) is 0 Å². The maximum Gasteiger partial charge on any atom is 0.249 e. The van der Waals surface area contributed by atoms with Gasteiger partial charge >= 0.3 is 0 Å². The standard InChI is InChI=1S/C28H37N3OS/c1-28(2,3)21-13-11-20(12-14-21)26-25-22-9-5-6-10-23(22)33-27(25)31(24(32)19-29-26)18-17-30-15-7-4-8-16-30/h11-14H,4-10,15-19H2,1-3H3. The molecule has 0 unspecified atom stereocenters. The van der Waals surface area contributed by atoms with Gasteiger partial charge in [0.25, 0.3) is 0 Å². The van der Waals surface area contributed by atoms with Crippen molar-refractivity contribution in [2.45, 2.75) is 71.1 Å². The molecule has 0 N–H and O–H groups in total. The van der Waals surface area contributed by atoms with Crippen molar-refractivity contribution in [3.05, 3.63) is 51.4 Å². The van der Waals surface area contributed by atoms with E-state index < -0.39 is 0 Å². The molecule has 1 aromatic heterocycles. The number of carbonyl (C=O) groups is 1. The highest BCUT2D eigenvalue weighted by Gasteiger charge is 2.32. The fraction of sp³-hybridized carbons (Fsp3) is 0.571. The third kappa shape index (κ3) is 4.67. The lowest BCUT2D eigenvalue weighted by Crippen LogP contribution is -2.41. The molecule has 2 aromatic rings. The highest BCUT2D eigenvalue weighted by Crippen LogP contribution is 2.42. The number of benzene rings is 1. The van der Waals surface area contributed by atoms with E-state index in [1.54, 1.807) is 0 Å². The number of hydrogen-bond acceptors (Lipinski definition) is 4. The molecule has 1 fully saturated rings. The molecule has 0 radical (unpaired) electrons. The zero-order valence-electron chi connectivity index (χ0n) is 20.5. The second kappa shape index (κ2) is 9.34. The maximum absolute atomic E-state index is 13.3. The van der Waals surface area contributed by atoms with Crippen LogP contribution in [0.25, 0.3) is 0 Å². The first-order chi connectivity index (χ1) is 15.9. The van der Waals surface area contributed by atoms with Crippen LogP contribution in [0.3, 0.4) is 0 Å². The van der Waals surface area contributed by atoms with E-state index in [1.807, 2.05) is 11.3 Å². The van der Waals surface area contributed by atoms with E-state index in [-0.39, 0.29) is 17.9 Å². The summed E-state index contributed by atoms with van der Waals surface area (Å²) in [5.74, 6) is 0.146. The highest BCUT2D eigenvalue weighted by molar-refractivity contribution is 7.17. The molecule has 3 aliphatic rings. The number of rotatable bonds is 4. The third-order valence-electron chi connectivity index (χ3n) is 7.42. The minimum atomic E-state index is 0.123. The molecule has 3 heterocycles. The Hall–Kier alpha value is -1.98. The second-order valence-electron chi connectivity index (χ2n) is 10.8. The van der Waals surface area contributed by atoms with E-state index >= 15 is 0 Å². The number of aryl methyl sites for hydroxylation is 1. The lowest BCUT2D eigenvalue weighted by Gasteiger charge is -2.29. The van der Waals surface area contributed by atoms with Gasteiger partial charge in [0, 0.05) is 29.1 Å². The predicted molar refractivity (Wildman–Crippen MR) is 139 cm³/mol. The minimum absolute atomic E-state index is 0.123. The van der Waals surface area contributed by atoms with E-state index in [9.17, 15) is 4.79 Å². The number of amides is 1. The van der Waals surface area contributed by atoms with Crippen molar-refractivity contribution in [2.24, 2.45) is 4.99 Å². The number of piperidine rings is 1. The average Bonchev–Trinajstić information content (AvgIpc) is 3.12. The molecule has 0 bridgehead atoms. The summed E-state index contributed by atoms with van der Waals surface area (Å²) in [5.41, 5.74) is 6.32. The lowest BCUT2D eigenvalue weighted by atomic mass is 9.85. The number of hydrogen-bond donors (Lipinski definition) is 0. The van der Waals surface area contributed by atoms with Gasteiger partial charge in [-0.25, -0.2) is 0 Å². The molecular formula is C28H37N3OS. The Morgan fingerprint density at radius 2 is 1.67 bits per heavy atom. The highest BCUT2D eigenvalue weighted by atomic mass is 32.1. The SMILES string of the molecule is CC(C)(C)c1ccc(C2=NCC(=O)N(CCN3CCCCC3)c3sc4c(c32)CCCC4)cc1. The number of nitrogens with zero attached hydrogens (tertiary/aromatic N) is 3. The number of carbonyl (C=O) groups excluding carboxylic acids is 1. The number of anilines is 1. The molecule has 1 aliphatic carbocycles. The molecule has 0 atom stereocenters. The topological polar surface area (TPSA) is 35.9 Å². The van der Waals surface area contributed by atoms with Gasteiger partial charge in [0.1, 0.15) is 11.5 Å². The number of fused-ring (bicyclic) bond motifs is 3. The fourth-order valence-electron chi connectivity index (χ4n) is 5.42. The second-order valence-corrected chi connectivity index (χ2v) is 11.9. The number of likely N-dealkylation sites (tertiary alicyclic amines) is 1. The van der Waals surface area contributed by atoms with E-state index in [2.05, 4.69) is 54.8 Å². The van der Waals surface area contributed by atoms with Crippen LogP contribution in [-0.2, 0) is 23.1 Å². The van der Waals surface area contributed by atoms with Crippen molar-refractivity contribution in [2.75, 3.05) is 37.6 Å². The van der Waals surface area contributed by atoms with Crippen LogP contribution in [0.2, 0.25) is 0 Å². The van der Waals surface area contributed by atoms with Gasteiger partial charge in [-0.1, -0.05) is 51.5 Å². The summed E-state index contributed by atoms with van der Waals surface area (Å²) in [7, 11) is 0. The maximum atomic E-state index is 13.3. The van der Waals surface area contributed by atoms with Gasteiger partial charge in [-0.2, -0.15) is 0 Å². The first kappa shape index (κ1) is 22.8. The molecule has 0 spiro atoms. The van der Waals surface area contributed by atoms with Crippen LogP contribution in [0.15, 0.2) is 29.3 Å². The summed E-state index contributed by atoms with van der Waals surface area (Å²) < 4.78 is 0. The van der Waals surface area contributed by atoms with Gasteiger partial charge in [0.2, 0.25) is 5.91 Å². The smallest absolute Gasteiger partial charge is 0.249 e. The number of aliphatic imine (C=N–C) groups is 1.